The molecule has 11 atom stereocenters. The molecule has 0 spiro atoms. The fourth-order valence-electron chi connectivity index (χ4n) is 6.31. The molecule has 0 amide bonds. The van der Waals surface area contributed by atoms with Crippen LogP contribution >= 0.6 is 0 Å². The highest BCUT2D eigenvalue weighted by molar-refractivity contribution is 5.90. The van der Waals surface area contributed by atoms with E-state index in [1.54, 1.807) is 0 Å². The molecule has 3 aliphatic rings. The molecule has 0 radical (unpaired) electrons. The van der Waals surface area contributed by atoms with Gasteiger partial charge < -0.3 is 94.4 Å². The number of rotatable bonds is 13. The van der Waals surface area contributed by atoms with E-state index in [9.17, 15) is 70.6 Å². The maximum absolute atomic E-state index is 12.5. The second-order valence-electron chi connectivity index (χ2n) is 13.9. The number of aliphatic hydroxyl groups is 6. The maximum atomic E-state index is 12.5. The van der Waals surface area contributed by atoms with E-state index >= 15 is 0 Å². The van der Waals surface area contributed by atoms with Gasteiger partial charge in [-0.05, 0) is 42.0 Å². The van der Waals surface area contributed by atoms with Crippen LogP contribution in [0, 0.1) is 0 Å². The van der Waals surface area contributed by atoms with Crippen LogP contribution < -0.4 is 9.47 Å². The summed E-state index contributed by atoms with van der Waals surface area (Å²) >= 11 is 0. The van der Waals surface area contributed by atoms with Crippen molar-refractivity contribution in [2.45, 2.75) is 73.9 Å². The second kappa shape index (κ2) is 18.5. The van der Waals surface area contributed by atoms with Crippen LogP contribution in [-0.2, 0) is 38.1 Å². The molecule has 0 aromatic heterocycles. The minimum Gasteiger partial charge on any atom is -0.508 e. The zero-order valence-corrected chi connectivity index (χ0v) is 31.3. The predicted octanol–water partition coefficient (Wildman–Crippen LogP) is -1.03. The Morgan fingerprint density at radius 2 is 1.25 bits per heavy atom. The lowest BCUT2D eigenvalue weighted by molar-refractivity contribution is -0.294. The Morgan fingerprint density at radius 1 is 0.672 bits per heavy atom. The van der Waals surface area contributed by atoms with Gasteiger partial charge in [0.2, 0.25) is 12.6 Å². The number of benzene rings is 3. The smallest absolute Gasteiger partial charge is 0.330 e. The molecule has 61 heavy (non-hydrogen) atoms. The van der Waals surface area contributed by atoms with E-state index in [0.717, 1.165) is 30.3 Å². The molecule has 0 aliphatic carbocycles. The molecule has 2 fully saturated rings. The Bertz CT molecular complexity index is 2130. The van der Waals surface area contributed by atoms with Gasteiger partial charge in [-0.1, -0.05) is 12.1 Å². The SMILES string of the molecule is O=C(O)CC(=O)OCC1O[C@@H](Oc2cc(O)cc3c2C=C(O[C@@H]2OC(COC(=O)C=Cc4ccc(O)cc4)[C@H](O)C(O)C2O)C(c2cc(O)c(O)c(O)c2)O3)C(O)[C@@H](O)[C@@H]1O. The standard InChI is InChI=1S/C39H40O22/c40-17-4-1-15(2-5-17)3-6-28(46)55-13-25-31(49)34(52)36(54)39(61-25)59-24-11-19-22(57-37(24)16-7-20(42)30(48)21(43)8-16)9-18(41)10-23(19)58-38-35(53)33(51)32(50)26(60-38)14-56-29(47)12-27(44)45/h1-11,25-26,31-43,48-54H,12-14H2,(H,44,45)/t25?,26?,31-,32+,33-,34?,35?,36?,37?,38+,39+/m0/s1. The molecule has 22 heteroatoms. The lowest BCUT2D eigenvalue weighted by Gasteiger charge is -2.41. The van der Waals surface area contributed by atoms with Crippen molar-refractivity contribution in [3.63, 3.8) is 0 Å². The third kappa shape index (κ3) is 10.2. The minimum atomic E-state index is -2.00. The first-order valence-electron chi connectivity index (χ1n) is 18.1. The lowest BCUT2D eigenvalue weighted by atomic mass is 9.98. The van der Waals surface area contributed by atoms with Crippen LogP contribution in [0.15, 0.2) is 60.4 Å². The highest BCUT2D eigenvalue weighted by Crippen LogP contribution is 2.48. The minimum absolute atomic E-state index is 0.00382. The Morgan fingerprint density at radius 3 is 1.84 bits per heavy atom. The monoisotopic (exact) mass is 860 g/mol. The largest absolute Gasteiger partial charge is 0.508 e. The third-order valence-electron chi connectivity index (χ3n) is 9.50. The van der Waals surface area contributed by atoms with Gasteiger partial charge in [0.25, 0.3) is 0 Å². The molecular formula is C39H40O22. The first-order chi connectivity index (χ1) is 28.9. The fraction of sp³-hybridized carbons (Fsp3) is 0.359. The van der Waals surface area contributed by atoms with Crippen molar-refractivity contribution >= 4 is 30.1 Å². The number of carboxylic acids is 1. The van der Waals surface area contributed by atoms with Gasteiger partial charge in [0.05, 0.1) is 5.56 Å². The highest BCUT2D eigenvalue weighted by atomic mass is 16.7. The number of aliphatic carboxylic acids is 1. The number of esters is 2. The van der Waals surface area contributed by atoms with Crippen molar-refractivity contribution in [1.82, 2.24) is 0 Å². The second-order valence-corrected chi connectivity index (χ2v) is 13.9. The van der Waals surface area contributed by atoms with Crippen molar-refractivity contribution in [3.8, 4) is 40.2 Å². The van der Waals surface area contributed by atoms with E-state index in [-0.39, 0.29) is 34.1 Å². The zero-order valence-electron chi connectivity index (χ0n) is 31.3. The number of carboxylic acid groups (broad SMARTS) is 1. The summed E-state index contributed by atoms with van der Waals surface area (Å²) in [6.45, 7) is -1.46. The van der Waals surface area contributed by atoms with E-state index in [1.807, 2.05) is 0 Å². The molecule has 12 N–H and O–H groups in total. The molecule has 328 valence electrons. The number of ether oxygens (including phenoxy) is 7. The normalized spacial score (nSPS) is 28.5. The average Bonchev–Trinajstić information content (AvgIpc) is 3.21. The molecule has 0 saturated carbocycles. The summed E-state index contributed by atoms with van der Waals surface area (Å²) in [5.41, 5.74) is 0.304. The number of hydrogen-bond acceptors (Lipinski definition) is 21. The molecule has 6 unspecified atom stereocenters. The van der Waals surface area contributed by atoms with Crippen LogP contribution in [-0.4, -0.2) is 154 Å². The molecule has 0 bridgehead atoms. The van der Waals surface area contributed by atoms with Gasteiger partial charge in [-0.25, -0.2) is 4.79 Å². The summed E-state index contributed by atoms with van der Waals surface area (Å²) in [5, 5.41) is 124. The number of phenolic OH excluding ortho intramolecular Hbond substituents is 5. The van der Waals surface area contributed by atoms with Crippen molar-refractivity contribution < 1.29 is 109 Å². The van der Waals surface area contributed by atoms with Crippen molar-refractivity contribution in [3.05, 3.63) is 77.1 Å². The van der Waals surface area contributed by atoms with Gasteiger partial charge in [0.1, 0.15) is 97.2 Å². The van der Waals surface area contributed by atoms with Crippen molar-refractivity contribution in [2.75, 3.05) is 13.2 Å². The van der Waals surface area contributed by atoms with E-state index < -0.39 is 128 Å². The van der Waals surface area contributed by atoms with Gasteiger partial charge in [-0.2, -0.15) is 0 Å². The highest BCUT2D eigenvalue weighted by Gasteiger charge is 2.48. The van der Waals surface area contributed by atoms with E-state index in [1.165, 1.54) is 36.4 Å². The van der Waals surface area contributed by atoms with E-state index in [0.29, 0.717) is 5.56 Å². The maximum Gasteiger partial charge on any atom is 0.330 e. The summed E-state index contributed by atoms with van der Waals surface area (Å²) in [4.78, 5) is 35.2. The number of hydrogen-bond donors (Lipinski definition) is 12. The van der Waals surface area contributed by atoms with Crippen LogP contribution in [0.25, 0.3) is 12.2 Å². The van der Waals surface area contributed by atoms with Crippen LogP contribution in [0.5, 0.6) is 40.2 Å². The Hall–Kier alpha value is -6.37. The van der Waals surface area contributed by atoms with Crippen molar-refractivity contribution in [1.29, 1.82) is 0 Å². The van der Waals surface area contributed by atoms with Gasteiger partial charge in [-0.15, -0.1) is 0 Å². The van der Waals surface area contributed by atoms with Crippen LogP contribution in [0.4, 0.5) is 0 Å². The molecule has 2 saturated heterocycles. The quantitative estimate of drug-likeness (QED) is 0.0423. The predicted molar refractivity (Wildman–Crippen MR) is 197 cm³/mol. The first kappa shape index (κ1) is 44.2. The lowest BCUT2D eigenvalue weighted by Crippen LogP contribution is -2.60. The zero-order chi connectivity index (χ0) is 44.3. The topological polar surface area (TPSA) is 359 Å². The summed E-state index contributed by atoms with van der Waals surface area (Å²) in [5.74, 6) is -7.60. The number of carbonyl (C=O) groups excluding carboxylic acids is 2. The number of fused-ring (bicyclic) bond motifs is 1. The molecule has 6 rings (SSSR count). The van der Waals surface area contributed by atoms with Gasteiger partial charge in [0, 0.05) is 23.8 Å². The van der Waals surface area contributed by atoms with Crippen molar-refractivity contribution in [2.24, 2.45) is 0 Å². The van der Waals surface area contributed by atoms with E-state index in [4.69, 9.17) is 38.3 Å². The third-order valence-corrected chi connectivity index (χ3v) is 9.50. The summed E-state index contributed by atoms with van der Waals surface area (Å²) < 4.78 is 39.2. The Balaban J connectivity index is 1.28. The van der Waals surface area contributed by atoms with Gasteiger partial charge in [-0.3, -0.25) is 9.59 Å². The molecule has 3 aromatic carbocycles. The molecule has 3 heterocycles. The molecule has 3 aliphatic heterocycles. The summed E-state index contributed by atoms with van der Waals surface area (Å²) in [6, 6.07) is 9.84. The van der Waals surface area contributed by atoms with Crippen LogP contribution in [0.2, 0.25) is 0 Å². The number of aromatic hydroxyl groups is 5. The Labute approximate surface area is 343 Å². The van der Waals surface area contributed by atoms with Gasteiger partial charge in [0.15, 0.2) is 23.4 Å². The molecule has 3 aromatic rings. The van der Waals surface area contributed by atoms with Gasteiger partial charge >= 0.3 is 17.9 Å². The number of aliphatic hydroxyl groups excluding tert-OH is 6. The molecular weight excluding hydrogens is 820 g/mol. The van der Waals surface area contributed by atoms with E-state index in [2.05, 4.69) is 0 Å². The van der Waals surface area contributed by atoms with Crippen LogP contribution in [0.3, 0.4) is 0 Å². The fourth-order valence-corrected chi connectivity index (χ4v) is 6.31. The number of carbonyl (C=O) groups is 3. The van der Waals surface area contributed by atoms with Crippen LogP contribution in [0.1, 0.15) is 29.2 Å². The summed E-state index contributed by atoms with van der Waals surface area (Å²) in [7, 11) is 0. The first-order valence-corrected chi connectivity index (χ1v) is 18.1. The molecule has 22 nitrogen and oxygen atoms in total. The summed E-state index contributed by atoms with van der Waals surface area (Å²) in [6.07, 6.45) is -17.5. The number of phenols is 5. The average molecular weight is 861 g/mol. The Kier molecular flexibility index (Phi) is 13.4.